The fourth-order valence-electron chi connectivity index (χ4n) is 3.25. The topological polar surface area (TPSA) is 26.0 Å². The summed E-state index contributed by atoms with van der Waals surface area (Å²) in [6.45, 7) is 0. The molecule has 2 aromatic carbocycles. The van der Waals surface area contributed by atoms with Crippen molar-refractivity contribution < 1.29 is 0 Å². The molecule has 2 aliphatic carbocycles. The van der Waals surface area contributed by atoms with Crippen LogP contribution in [0, 0.1) is 0 Å². The maximum atomic E-state index is 6.34. The summed E-state index contributed by atoms with van der Waals surface area (Å²) in [5, 5.41) is 0. The van der Waals surface area contributed by atoms with E-state index in [4.69, 9.17) is 5.73 Å². The predicted molar refractivity (Wildman–Crippen MR) is 74.5 cm³/mol. The average Bonchev–Trinajstić information content (AvgIpc) is 3.06. The van der Waals surface area contributed by atoms with E-state index in [9.17, 15) is 0 Å². The van der Waals surface area contributed by atoms with Crippen LogP contribution in [0.25, 0.3) is 11.1 Å². The monoisotopic (exact) mass is 235 g/mol. The summed E-state index contributed by atoms with van der Waals surface area (Å²) in [7, 11) is 0. The minimum absolute atomic E-state index is 0.106. The maximum absolute atomic E-state index is 6.34. The first-order valence-corrected chi connectivity index (χ1v) is 6.74. The van der Waals surface area contributed by atoms with Gasteiger partial charge in [-0.15, -0.1) is 0 Å². The van der Waals surface area contributed by atoms with Gasteiger partial charge < -0.3 is 5.73 Å². The van der Waals surface area contributed by atoms with E-state index in [1.54, 1.807) is 0 Å². The van der Waals surface area contributed by atoms with Gasteiger partial charge in [-0.2, -0.15) is 0 Å². The Morgan fingerprint density at radius 3 is 1.89 bits per heavy atom. The Hall–Kier alpha value is -1.60. The number of fused-ring (bicyclic) bond motifs is 3. The number of rotatable bonds is 2. The molecule has 0 heterocycles. The second-order valence-electron chi connectivity index (χ2n) is 5.79. The molecule has 0 bridgehead atoms. The molecule has 2 aliphatic rings. The van der Waals surface area contributed by atoms with Crippen LogP contribution in [0.2, 0.25) is 0 Å². The van der Waals surface area contributed by atoms with E-state index in [1.165, 1.54) is 35.1 Å². The van der Waals surface area contributed by atoms with E-state index in [0.717, 1.165) is 6.42 Å². The summed E-state index contributed by atoms with van der Waals surface area (Å²) < 4.78 is 0. The van der Waals surface area contributed by atoms with E-state index in [-0.39, 0.29) is 5.54 Å². The zero-order valence-electron chi connectivity index (χ0n) is 10.4. The molecule has 1 saturated carbocycles. The molecule has 1 fully saturated rings. The van der Waals surface area contributed by atoms with E-state index >= 15 is 0 Å². The van der Waals surface area contributed by atoms with E-state index in [2.05, 4.69) is 48.5 Å². The molecule has 0 aliphatic heterocycles. The first-order valence-electron chi connectivity index (χ1n) is 6.74. The van der Waals surface area contributed by atoms with Gasteiger partial charge in [0.2, 0.25) is 0 Å². The lowest BCUT2D eigenvalue weighted by atomic mass is 9.89. The highest BCUT2D eigenvalue weighted by atomic mass is 14.8. The van der Waals surface area contributed by atoms with E-state index < -0.39 is 0 Å². The zero-order valence-corrected chi connectivity index (χ0v) is 10.4. The molecule has 18 heavy (non-hydrogen) atoms. The van der Waals surface area contributed by atoms with Gasteiger partial charge in [0.25, 0.3) is 0 Å². The van der Waals surface area contributed by atoms with Crippen molar-refractivity contribution in [2.75, 3.05) is 0 Å². The summed E-state index contributed by atoms with van der Waals surface area (Å²) in [4.78, 5) is 0. The van der Waals surface area contributed by atoms with Crippen LogP contribution in [0.1, 0.15) is 36.3 Å². The molecule has 90 valence electrons. The first-order chi connectivity index (χ1) is 8.77. The lowest BCUT2D eigenvalue weighted by Gasteiger charge is -2.18. The third-order valence-corrected chi connectivity index (χ3v) is 4.47. The molecule has 2 N–H and O–H groups in total. The molecule has 0 radical (unpaired) electrons. The van der Waals surface area contributed by atoms with Crippen molar-refractivity contribution >= 4 is 0 Å². The molecular formula is C17H17N. The van der Waals surface area contributed by atoms with Gasteiger partial charge in [0.15, 0.2) is 0 Å². The van der Waals surface area contributed by atoms with Crippen LogP contribution in [0.4, 0.5) is 0 Å². The highest BCUT2D eigenvalue weighted by molar-refractivity contribution is 5.78. The molecule has 2 aromatic rings. The lowest BCUT2D eigenvalue weighted by Crippen LogP contribution is -2.24. The SMILES string of the molecule is NC1(CC2c3ccccc3-c3ccccc32)CC1. The highest BCUT2D eigenvalue weighted by Crippen LogP contribution is 2.51. The second kappa shape index (κ2) is 3.46. The van der Waals surface area contributed by atoms with Gasteiger partial charge in [0, 0.05) is 11.5 Å². The van der Waals surface area contributed by atoms with Crippen LogP contribution in [-0.4, -0.2) is 5.54 Å². The van der Waals surface area contributed by atoms with Crippen molar-refractivity contribution in [2.24, 2.45) is 5.73 Å². The van der Waals surface area contributed by atoms with Crippen molar-refractivity contribution in [2.45, 2.75) is 30.7 Å². The Labute approximate surface area is 108 Å². The molecule has 0 saturated heterocycles. The quantitative estimate of drug-likeness (QED) is 0.844. The van der Waals surface area contributed by atoms with E-state index in [1.807, 2.05) is 0 Å². The summed E-state index contributed by atoms with van der Waals surface area (Å²) in [5.41, 5.74) is 12.2. The standard InChI is InChI=1S/C17H17N/c18-17(9-10-17)11-16-14-7-3-1-5-12(14)13-6-2-4-8-15(13)16/h1-8,16H,9-11,18H2. The van der Waals surface area contributed by atoms with Crippen LogP contribution in [-0.2, 0) is 0 Å². The minimum atomic E-state index is 0.106. The summed E-state index contributed by atoms with van der Waals surface area (Å²) in [5.74, 6) is 0.505. The van der Waals surface area contributed by atoms with Gasteiger partial charge in [-0.05, 0) is 41.5 Å². The van der Waals surface area contributed by atoms with Crippen LogP contribution in [0.3, 0.4) is 0 Å². The van der Waals surface area contributed by atoms with Crippen molar-refractivity contribution in [3.8, 4) is 11.1 Å². The third kappa shape index (κ3) is 1.44. The zero-order chi connectivity index (χ0) is 12.2. The molecule has 1 nitrogen and oxygen atoms in total. The Bertz CT molecular complexity index is 565. The highest BCUT2D eigenvalue weighted by Gasteiger charge is 2.42. The van der Waals surface area contributed by atoms with E-state index in [0.29, 0.717) is 5.92 Å². The van der Waals surface area contributed by atoms with Gasteiger partial charge >= 0.3 is 0 Å². The number of nitrogens with two attached hydrogens (primary N) is 1. The maximum Gasteiger partial charge on any atom is 0.0164 e. The number of hydrogen-bond acceptors (Lipinski definition) is 1. The van der Waals surface area contributed by atoms with Crippen LogP contribution >= 0.6 is 0 Å². The Morgan fingerprint density at radius 2 is 1.39 bits per heavy atom. The summed E-state index contributed by atoms with van der Waals surface area (Å²) >= 11 is 0. The summed E-state index contributed by atoms with van der Waals surface area (Å²) in [6.07, 6.45) is 3.47. The van der Waals surface area contributed by atoms with Gasteiger partial charge in [-0.25, -0.2) is 0 Å². The molecule has 4 rings (SSSR count). The first kappa shape index (κ1) is 10.3. The normalized spacial score (nSPS) is 19.4. The largest absolute Gasteiger partial charge is 0.325 e. The smallest absolute Gasteiger partial charge is 0.0164 e. The van der Waals surface area contributed by atoms with Gasteiger partial charge in [-0.3, -0.25) is 0 Å². The van der Waals surface area contributed by atoms with Gasteiger partial charge in [0.05, 0.1) is 0 Å². The fourth-order valence-corrected chi connectivity index (χ4v) is 3.25. The fraction of sp³-hybridized carbons (Fsp3) is 0.294. The van der Waals surface area contributed by atoms with Crippen LogP contribution in [0.15, 0.2) is 48.5 Å². The second-order valence-corrected chi connectivity index (χ2v) is 5.79. The number of benzene rings is 2. The molecule has 0 aromatic heterocycles. The Kier molecular flexibility index (Phi) is 1.98. The molecule has 1 heteroatoms. The van der Waals surface area contributed by atoms with Crippen LogP contribution < -0.4 is 5.73 Å². The lowest BCUT2D eigenvalue weighted by molar-refractivity contribution is 0.567. The summed E-state index contributed by atoms with van der Waals surface area (Å²) in [6, 6.07) is 17.6. The average molecular weight is 235 g/mol. The predicted octanol–water partition coefficient (Wildman–Crippen LogP) is 3.68. The van der Waals surface area contributed by atoms with Crippen molar-refractivity contribution in [3.63, 3.8) is 0 Å². The molecule has 0 unspecified atom stereocenters. The Morgan fingerprint density at radius 1 is 0.889 bits per heavy atom. The third-order valence-electron chi connectivity index (χ3n) is 4.47. The van der Waals surface area contributed by atoms with Crippen molar-refractivity contribution in [3.05, 3.63) is 59.7 Å². The molecule has 0 atom stereocenters. The van der Waals surface area contributed by atoms with Gasteiger partial charge in [0.1, 0.15) is 0 Å². The Balaban J connectivity index is 1.87. The van der Waals surface area contributed by atoms with Gasteiger partial charge in [-0.1, -0.05) is 48.5 Å². The van der Waals surface area contributed by atoms with Crippen molar-refractivity contribution in [1.29, 1.82) is 0 Å². The van der Waals surface area contributed by atoms with Crippen molar-refractivity contribution in [1.82, 2.24) is 0 Å². The molecule has 0 amide bonds. The molecule has 0 spiro atoms. The number of hydrogen-bond donors (Lipinski definition) is 1. The minimum Gasteiger partial charge on any atom is -0.325 e. The van der Waals surface area contributed by atoms with Crippen LogP contribution in [0.5, 0.6) is 0 Å². The molecular weight excluding hydrogens is 218 g/mol.